The SMILES string of the molecule is C=CC(=O)N1CCC(n2cc(-c3cc4c(s3)C(OC)CC(C)=C4)c3c(N)nc(N)nc32)C1. The summed E-state index contributed by atoms with van der Waals surface area (Å²) in [7, 11) is 1.75. The van der Waals surface area contributed by atoms with Crippen molar-refractivity contribution in [2.24, 2.45) is 0 Å². The molecule has 0 bridgehead atoms. The number of ether oxygens (including phenoxy) is 1. The largest absolute Gasteiger partial charge is 0.383 e. The van der Waals surface area contributed by atoms with Crippen molar-refractivity contribution in [1.29, 1.82) is 0 Å². The molecule has 4 heterocycles. The summed E-state index contributed by atoms with van der Waals surface area (Å²) in [5.41, 5.74) is 16.5. The smallest absolute Gasteiger partial charge is 0.246 e. The second kappa shape index (κ2) is 7.75. The number of carbonyl (C=O) groups excluding carboxylic acids is 1. The van der Waals surface area contributed by atoms with E-state index in [4.69, 9.17) is 16.2 Å². The van der Waals surface area contributed by atoms with Crippen LogP contribution in [-0.2, 0) is 9.53 Å². The van der Waals surface area contributed by atoms with Crippen LogP contribution in [0, 0.1) is 0 Å². The van der Waals surface area contributed by atoms with Crippen molar-refractivity contribution in [2.75, 3.05) is 31.7 Å². The third-order valence-corrected chi connectivity index (χ3v) is 7.58. The van der Waals surface area contributed by atoms with Crippen molar-refractivity contribution in [3.63, 3.8) is 0 Å². The zero-order valence-electron chi connectivity index (χ0n) is 18.2. The molecule has 0 spiro atoms. The highest BCUT2D eigenvalue weighted by Gasteiger charge is 2.30. The van der Waals surface area contributed by atoms with Gasteiger partial charge >= 0.3 is 0 Å². The van der Waals surface area contributed by atoms with Crippen LogP contribution in [-0.4, -0.2) is 45.5 Å². The van der Waals surface area contributed by atoms with Gasteiger partial charge in [0.25, 0.3) is 0 Å². The van der Waals surface area contributed by atoms with Crippen LogP contribution in [0.4, 0.5) is 11.8 Å². The van der Waals surface area contributed by atoms with Crippen LogP contribution in [0.2, 0.25) is 0 Å². The maximum Gasteiger partial charge on any atom is 0.246 e. The lowest BCUT2D eigenvalue weighted by molar-refractivity contribution is -0.125. The third-order valence-electron chi connectivity index (χ3n) is 6.30. The Morgan fingerprint density at radius 2 is 2.19 bits per heavy atom. The van der Waals surface area contributed by atoms with Crippen LogP contribution >= 0.6 is 11.3 Å². The van der Waals surface area contributed by atoms with Gasteiger partial charge in [0, 0.05) is 41.7 Å². The van der Waals surface area contributed by atoms with Crippen molar-refractivity contribution in [3.05, 3.63) is 40.9 Å². The van der Waals surface area contributed by atoms with E-state index < -0.39 is 0 Å². The van der Waals surface area contributed by atoms with Gasteiger partial charge in [0.1, 0.15) is 11.5 Å². The molecule has 5 rings (SSSR count). The Morgan fingerprint density at radius 1 is 1.38 bits per heavy atom. The number of fused-ring (bicyclic) bond motifs is 2. The van der Waals surface area contributed by atoms with E-state index in [2.05, 4.69) is 46.4 Å². The van der Waals surface area contributed by atoms with E-state index in [1.807, 2.05) is 0 Å². The number of nitrogens with two attached hydrogens (primary N) is 2. The quantitative estimate of drug-likeness (QED) is 0.585. The van der Waals surface area contributed by atoms with E-state index in [0.29, 0.717) is 24.6 Å². The standard InChI is InChI=1S/C23H26N6O2S/c1-4-18(30)28-6-5-14(10-28)29-11-15(19-21(24)26-23(25)27-22(19)29)17-9-13-7-12(2)8-16(31-3)20(13)32-17/h4,7,9,11,14,16H,1,5-6,8,10H2,2-3H3,(H4,24,25,26,27). The Morgan fingerprint density at radius 3 is 2.94 bits per heavy atom. The van der Waals surface area contributed by atoms with Gasteiger partial charge in [-0.2, -0.15) is 9.97 Å². The number of anilines is 2. The van der Waals surface area contributed by atoms with Crippen LogP contribution in [0.1, 0.15) is 42.4 Å². The Balaban J connectivity index is 1.64. The molecule has 1 aliphatic carbocycles. The Hall–Kier alpha value is -3.17. The van der Waals surface area contributed by atoms with Crippen LogP contribution in [0.3, 0.4) is 0 Å². The fourth-order valence-electron chi connectivity index (χ4n) is 4.77. The van der Waals surface area contributed by atoms with E-state index in [0.717, 1.165) is 28.7 Å². The van der Waals surface area contributed by atoms with Crippen molar-refractivity contribution in [1.82, 2.24) is 19.4 Å². The average molecular weight is 451 g/mol. The Kier molecular flexibility index (Phi) is 5.02. The van der Waals surface area contributed by atoms with Gasteiger partial charge in [-0.15, -0.1) is 11.3 Å². The maximum atomic E-state index is 12.1. The van der Waals surface area contributed by atoms with Gasteiger partial charge in [-0.1, -0.05) is 18.2 Å². The van der Waals surface area contributed by atoms with Gasteiger partial charge in [0.2, 0.25) is 11.9 Å². The molecule has 0 saturated carbocycles. The normalized spacial score (nSPS) is 20.4. The van der Waals surface area contributed by atoms with Crippen LogP contribution in [0.15, 0.2) is 30.5 Å². The van der Waals surface area contributed by atoms with E-state index in [-0.39, 0.29) is 24.0 Å². The Labute approximate surface area is 190 Å². The van der Waals surface area contributed by atoms with Crippen LogP contribution < -0.4 is 11.5 Å². The van der Waals surface area contributed by atoms with Gasteiger partial charge in [-0.3, -0.25) is 4.79 Å². The monoisotopic (exact) mass is 450 g/mol. The summed E-state index contributed by atoms with van der Waals surface area (Å²) in [4.78, 5) is 25.0. The summed E-state index contributed by atoms with van der Waals surface area (Å²) in [6.45, 7) is 7.00. The first kappa shape index (κ1) is 20.7. The van der Waals surface area contributed by atoms with E-state index >= 15 is 0 Å². The molecule has 1 aliphatic heterocycles. The third kappa shape index (κ3) is 3.28. The lowest BCUT2D eigenvalue weighted by atomic mass is 9.97. The fraction of sp³-hybridized carbons (Fsp3) is 0.348. The highest BCUT2D eigenvalue weighted by Crippen LogP contribution is 2.45. The van der Waals surface area contributed by atoms with Crippen molar-refractivity contribution in [3.8, 4) is 10.4 Å². The molecular formula is C23H26N6O2S. The molecule has 4 N–H and O–H groups in total. The molecule has 2 aliphatic rings. The van der Waals surface area contributed by atoms with Crippen molar-refractivity contribution >= 4 is 46.1 Å². The van der Waals surface area contributed by atoms with Gasteiger partial charge in [0.15, 0.2) is 0 Å². The minimum Gasteiger partial charge on any atom is -0.383 e. The minimum atomic E-state index is -0.0588. The molecule has 1 amide bonds. The van der Waals surface area contributed by atoms with E-state index in [9.17, 15) is 4.79 Å². The van der Waals surface area contributed by atoms with E-state index in [1.165, 1.54) is 22.1 Å². The molecule has 9 heteroatoms. The summed E-state index contributed by atoms with van der Waals surface area (Å²) < 4.78 is 7.85. The zero-order chi connectivity index (χ0) is 22.6. The Bertz CT molecular complexity index is 1270. The first-order chi connectivity index (χ1) is 15.4. The molecule has 0 aromatic carbocycles. The van der Waals surface area contributed by atoms with E-state index in [1.54, 1.807) is 23.3 Å². The molecule has 2 unspecified atom stereocenters. The predicted octanol–water partition coefficient (Wildman–Crippen LogP) is 3.78. The number of likely N-dealkylation sites (tertiary alicyclic amines) is 1. The number of nitrogens with zero attached hydrogens (tertiary/aromatic N) is 4. The summed E-state index contributed by atoms with van der Waals surface area (Å²) in [6, 6.07) is 2.26. The summed E-state index contributed by atoms with van der Waals surface area (Å²) in [5.74, 6) is 0.442. The number of nitrogen functional groups attached to an aromatic ring is 2. The summed E-state index contributed by atoms with van der Waals surface area (Å²) in [6.07, 6.45) is 7.43. The topological polar surface area (TPSA) is 112 Å². The van der Waals surface area contributed by atoms with Crippen molar-refractivity contribution in [2.45, 2.75) is 31.9 Å². The minimum absolute atomic E-state index is 0.0552. The molecule has 1 fully saturated rings. The second-order valence-electron chi connectivity index (χ2n) is 8.40. The molecule has 3 aromatic rings. The summed E-state index contributed by atoms with van der Waals surface area (Å²) in [5, 5.41) is 0.793. The first-order valence-electron chi connectivity index (χ1n) is 10.6. The predicted molar refractivity (Wildman–Crippen MR) is 128 cm³/mol. The fourth-order valence-corrected chi connectivity index (χ4v) is 6.01. The number of hydrogen-bond donors (Lipinski definition) is 2. The molecular weight excluding hydrogens is 424 g/mol. The first-order valence-corrected chi connectivity index (χ1v) is 11.4. The molecule has 1 saturated heterocycles. The molecule has 0 radical (unpaired) electrons. The number of carbonyl (C=O) groups is 1. The highest BCUT2D eigenvalue weighted by atomic mass is 32.1. The number of thiophene rings is 1. The summed E-state index contributed by atoms with van der Waals surface area (Å²) >= 11 is 1.71. The molecule has 3 aromatic heterocycles. The maximum absolute atomic E-state index is 12.1. The molecule has 32 heavy (non-hydrogen) atoms. The number of aromatic nitrogens is 3. The molecule has 166 valence electrons. The van der Waals surface area contributed by atoms with Crippen LogP contribution in [0.25, 0.3) is 27.6 Å². The number of amides is 1. The van der Waals surface area contributed by atoms with Gasteiger partial charge in [0.05, 0.1) is 17.5 Å². The zero-order valence-corrected chi connectivity index (χ0v) is 19.0. The molecule has 2 atom stereocenters. The number of hydrogen-bond acceptors (Lipinski definition) is 7. The van der Waals surface area contributed by atoms with Gasteiger partial charge in [-0.05, 0) is 37.5 Å². The van der Waals surface area contributed by atoms with Crippen molar-refractivity contribution < 1.29 is 9.53 Å². The number of methoxy groups -OCH3 is 1. The van der Waals surface area contributed by atoms with Gasteiger partial charge in [-0.25, -0.2) is 0 Å². The van der Waals surface area contributed by atoms with Crippen LogP contribution in [0.5, 0.6) is 0 Å². The lowest BCUT2D eigenvalue weighted by Crippen LogP contribution is -2.27. The number of rotatable bonds is 4. The average Bonchev–Trinajstić information content (AvgIpc) is 3.48. The highest BCUT2D eigenvalue weighted by molar-refractivity contribution is 7.16. The molecule has 8 nitrogen and oxygen atoms in total. The van der Waals surface area contributed by atoms with Gasteiger partial charge < -0.3 is 25.7 Å². The second-order valence-corrected chi connectivity index (χ2v) is 9.48. The lowest BCUT2D eigenvalue weighted by Gasteiger charge is -2.19.